The number of methoxy groups -OCH3 is 2. The Bertz CT molecular complexity index is 703. The fraction of sp³-hybridized carbons (Fsp3) is 0.200. The molecule has 5 heteroatoms. The molecule has 0 N–H and O–H groups in total. The van der Waals surface area contributed by atoms with Crippen molar-refractivity contribution in [3.05, 3.63) is 48.0 Å². The fourth-order valence-electron chi connectivity index (χ4n) is 1.99. The monoisotopic (exact) mass is 292 g/mol. The summed E-state index contributed by atoms with van der Waals surface area (Å²) in [7, 11) is -0.505. The van der Waals surface area contributed by atoms with Gasteiger partial charge in [-0.1, -0.05) is 6.07 Å². The third kappa shape index (κ3) is 2.49. The average Bonchev–Trinajstić information content (AvgIpc) is 2.47. The van der Waals surface area contributed by atoms with Crippen LogP contribution in [0.5, 0.6) is 11.5 Å². The molecule has 0 unspecified atom stereocenters. The van der Waals surface area contributed by atoms with Gasteiger partial charge in [-0.15, -0.1) is 0 Å². The normalized spacial score (nSPS) is 11.2. The van der Waals surface area contributed by atoms with Gasteiger partial charge in [0.1, 0.15) is 11.5 Å². The Labute approximate surface area is 118 Å². The molecule has 0 aliphatic rings. The van der Waals surface area contributed by atoms with Gasteiger partial charge >= 0.3 is 0 Å². The van der Waals surface area contributed by atoms with Crippen LogP contribution >= 0.6 is 0 Å². The van der Waals surface area contributed by atoms with Crippen molar-refractivity contribution >= 4 is 9.84 Å². The largest absolute Gasteiger partial charge is 0.497 e. The number of hydrogen-bond donors (Lipinski definition) is 0. The molecule has 20 heavy (non-hydrogen) atoms. The number of benzene rings is 2. The lowest BCUT2D eigenvalue weighted by molar-refractivity contribution is 0.410. The van der Waals surface area contributed by atoms with Gasteiger partial charge < -0.3 is 9.47 Å². The maximum atomic E-state index is 12.6. The Hall–Kier alpha value is -2.01. The first-order valence-electron chi connectivity index (χ1n) is 6.03. The SMILES string of the molecule is COc1ccc(S(=O)(=O)c2cccc(OC)c2C)cc1. The van der Waals surface area contributed by atoms with Crippen molar-refractivity contribution in [2.75, 3.05) is 14.2 Å². The molecule has 0 spiro atoms. The van der Waals surface area contributed by atoms with Gasteiger partial charge in [0.05, 0.1) is 24.0 Å². The Morgan fingerprint density at radius 1 is 0.900 bits per heavy atom. The van der Waals surface area contributed by atoms with Crippen LogP contribution in [-0.4, -0.2) is 22.6 Å². The van der Waals surface area contributed by atoms with Gasteiger partial charge in [0.2, 0.25) is 9.84 Å². The van der Waals surface area contributed by atoms with Crippen LogP contribution in [0.15, 0.2) is 52.3 Å². The minimum atomic E-state index is -3.56. The molecule has 106 valence electrons. The van der Waals surface area contributed by atoms with Gasteiger partial charge in [-0.2, -0.15) is 0 Å². The van der Waals surface area contributed by atoms with Gasteiger partial charge in [-0.05, 0) is 43.3 Å². The molecule has 0 amide bonds. The molecule has 0 aliphatic heterocycles. The van der Waals surface area contributed by atoms with Crippen molar-refractivity contribution in [1.29, 1.82) is 0 Å². The van der Waals surface area contributed by atoms with Gasteiger partial charge in [-0.25, -0.2) is 8.42 Å². The van der Waals surface area contributed by atoms with E-state index in [4.69, 9.17) is 9.47 Å². The summed E-state index contributed by atoms with van der Waals surface area (Å²) in [5.41, 5.74) is 0.603. The van der Waals surface area contributed by atoms with Gasteiger partial charge in [0.15, 0.2) is 0 Å². The van der Waals surface area contributed by atoms with Crippen molar-refractivity contribution in [1.82, 2.24) is 0 Å². The third-order valence-electron chi connectivity index (χ3n) is 3.11. The van der Waals surface area contributed by atoms with E-state index in [1.807, 2.05) is 0 Å². The molecule has 0 fully saturated rings. The van der Waals surface area contributed by atoms with Crippen LogP contribution in [0.3, 0.4) is 0 Å². The summed E-state index contributed by atoms with van der Waals surface area (Å²) in [6.07, 6.45) is 0. The number of ether oxygens (including phenoxy) is 2. The first-order chi connectivity index (χ1) is 9.50. The Morgan fingerprint density at radius 2 is 1.55 bits per heavy atom. The van der Waals surface area contributed by atoms with E-state index in [9.17, 15) is 8.42 Å². The molecule has 2 aromatic carbocycles. The average molecular weight is 292 g/mol. The topological polar surface area (TPSA) is 52.6 Å². The molecular formula is C15H16O4S. The minimum Gasteiger partial charge on any atom is -0.497 e. The van der Waals surface area contributed by atoms with E-state index in [0.717, 1.165) is 0 Å². The highest BCUT2D eigenvalue weighted by molar-refractivity contribution is 7.91. The summed E-state index contributed by atoms with van der Waals surface area (Å²) in [4.78, 5) is 0.483. The van der Waals surface area contributed by atoms with Crippen LogP contribution in [0.4, 0.5) is 0 Å². The zero-order valence-corrected chi connectivity index (χ0v) is 12.4. The molecule has 2 aromatic rings. The first-order valence-corrected chi connectivity index (χ1v) is 7.51. The molecule has 0 radical (unpaired) electrons. The molecule has 0 aliphatic carbocycles. The predicted molar refractivity (Wildman–Crippen MR) is 76.2 cm³/mol. The molecular weight excluding hydrogens is 276 g/mol. The Morgan fingerprint density at radius 3 is 2.10 bits per heavy atom. The molecule has 0 heterocycles. The Balaban J connectivity index is 2.54. The quantitative estimate of drug-likeness (QED) is 0.869. The molecule has 0 bridgehead atoms. The van der Waals surface area contributed by atoms with E-state index in [0.29, 0.717) is 17.1 Å². The summed E-state index contributed by atoms with van der Waals surface area (Å²) in [5.74, 6) is 1.17. The fourth-order valence-corrected chi connectivity index (χ4v) is 3.50. The minimum absolute atomic E-state index is 0.231. The molecule has 4 nitrogen and oxygen atoms in total. The van der Waals surface area contributed by atoms with E-state index in [2.05, 4.69) is 0 Å². The second-order valence-corrected chi connectivity index (χ2v) is 6.18. The smallest absolute Gasteiger partial charge is 0.206 e. The summed E-state index contributed by atoms with van der Waals surface area (Å²) < 4.78 is 35.5. The molecule has 0 saturated heterocycles. The maximum Gasteiger partial charge on any atom is 0.206 e. The van der Waals surface area contributed by atoms with Gasteiger partial charge in [-0.3, -0.25) is 0 Å². The van der Waals surface area contributed by atoms with Crippen molar-refractivity contribution in [3.63, 3.8) is 0 Å². The highest BCUT2D eigenvalue weighted by Gasteiger charge is 2.21. The first kappa shape index (κ1) is 14.4. The standard InChI is InChI=1S/C15H16O4S/c1-11-14(19-3)5-4-6-15(11)20(16,17)13-9-7-12(18-2)8-10-13/h4-10H,1-3H3. The zero-order valence-electron chi connectivity index (χ0n) is 11.6. The number of rotatable bonds is 4. The van der Waals surface area contributed by atoms with E-state index in [1.54, 1.807) is 37.3 Å². The van der Waals surface area contributed by atoms with Crippen LogP contribution in [-0.2, 0) is 9.84 Å². The van der Waals surface area contributed by atoms with E-state index in [-0.39, 0.29) is 9.79 Å². The van der Waals surface area contributed by atoms with Crippen LogP contribution in [0.25, 0.3) is 0 Å². The van der Waals surface area contributed by atoms with Crippen molar-refractivity contribution in [2.24, 2.45) is 0 Å². The van der Waals surface area contributed by atoms with Crippen LogP contribution in [0.2, 0.25) is 0 Å². The lowest BCUT2D eigenvalue weighted by Crippen LogP contribution is -2.05. The van der Waals surface area contributed by atoms with Crippen LogP contribution < -0.4 is 9.47 Å². The summed E-state index contributed by atoms with van der Waals surface area (Å²) in [6.45, 7) is 1.73. The van der Waals surface area contributed by atoms with E-state index in [1.165, 1.54) is 26.4 Å². The molecule has 2 rings (SSSR count). The second kappa shape index (κ2) is 5.54. The Kier molecular flexibility index (Phi) is 3.99. The van der Waals surface area contributed by atoms with E-state index >= 15 is 0 Å². The third-order valence-corrected chi connectivity index (χ3v) is 5.03. The lowest BCUT2D eigenvalue weighted by atomic mass is 10.2. The highest BCUT2D eigenvalue weighted by Crippen LogP contribution is 2.30. The van der Waals surface area contributed by atoms with Crippen LogP contribution in [0.1, 0.15) is 5.56 Å². The molecule has 0 saturated carbocycles. The zero-order chi connectivity index (χ0) is 14.8. The summed E-state index contributed by atoms with van der Waals surface area (Å²) >= 11 is 0. The maximum absolute atomic E-state index is 12.6. The van der Waals surface area contributed by atoms with Crippen molar-refractivity contribution < 1.29 is 17.9 Å². The van der Waals surface area contributed by atoms with Crippen molar-refractivity contribution in [2.45, 2.75) is 16.7 Å². The van der Waals surface area contributed by atoms with Crippen molar-refractivity contribution in [3.8, 4) is 11.5 Å². The van der Waals surface area contributed by atoms with E-state index < -0.39 is 9.84 Å². The number of sulfone groups is 1. The van der Waals surface area contributed by atoms with Gasteiger partial charge in [0, 0.05) is 5.56 Å². The van der Waals surface area contributed by atoms with Gasteiger partial charge in [0.25, 0.3) is 0 Å². The molecule has 0 aromatic heterocycles. The molecule has 0 atom stereocenters. The lowest BCUT2D eigenvalue weighted by Gasteiger charge is -2.11. The predicted octanol–water partition coefficient (Wildman–Crippen LogP) is 2.85. The van der Waals surface area contributed by atoms with Crippen LogP contribution in [0, 0.1) is 6.92 Å². The highest BCUT2D eigenvalue weighted by atomic mass is 32.2. The second-order valence-electron chi connectivity index (χ2n) is 4.26. The summed E-state index contributed by atoms with van der Waals surface area (Å²) in [5, 5.41) is 0. The number of hydrogen-bond acceptors (Lipinski definition) is 4. The summed E-state index contributed by atoms with van der Waals surface area (Å²) in [6, 6.07) is 11.3.